The van der Waals surface area contributed by atoms with Crippen LogP contribution in [0.1, 0.15) is 17.2 Å². The van der Waals surface area contributed by atoms with Gasteiger partial charge in [0.2, 0.25) is 15.9 Å². The number of hydrogen-bond acceptors (Lipinski definition) is 3. The third-order valence-electron chi connectivity index (χ3n) is 4.06. The minimum Gasteiger partial charge on any atom is -0.353 e. The zero-order chi connectivity index (χ0) is 18.2. The van der Waals surface area contributed by atoms with Crippen LogP contribution in [0, 0.1) is 6.92 Å². The number of aryl methyl sites for hydroxylation is 1. The van der Waals surface area contributed by atoms with Gasteiger partial charge in [0.25, 0.3) is 0 Å². The Labute approximate surface area is 156 Å². The van der Waals surface area contributed by atoms with Crippen LogP contribution in [-0.2, 0) is 14.8 Å². The first-order chi connectivity index (χ1) is 11.8. The van der Waals surface area contributed by atoms with E-state index in [9.17, 15) is 13.2 Å². The Balaban J connectivity index is 2.06. The number of carbonyl (C=O) groups is 1. The second-order valence-corrected chi connectivity index (χ2v) is 8.50. The number of nitrogens with one attached hydrogen (secondary N) is 1. The molecular weight excluding hydrogens is 383 g/mol. The Hall–Kier alpha value is -1.60. The Morgan fingerprint density at radius 3 is 2.40 bits per heavy atom. The SMILES string of the molecule is Cc1ccc(C2C(=O)NCCN2S(=O)(=O)c2ccc(Cl)c(Cl)c2)cc1. The molecule has 1 aliphatic heterocycles. The highest BCUT2D eigenvalue weighted by molar-refractivity contribution is 7.89. The van der Waals surface area contributed by atoms with Crippen molar-refractivity contribution in [3.63, 3.8) is 0 Å². The first-order valence-electron chi connectivity index (χ1n) is 7.62. The molecule has 0 aliphatic carbocycles. The molecule has 0 spiro atoms. The lowest BCUT2D eigenvalue weighted by Crippen LogP contribution is -2.52. The normalized spacial score (nSPS) is 18.8. The van der Waals surface area contributed by atoms with Crippen LogP contribution in [0.15, 0.2) is 47.4 Å². The van der Waals surface area contributed by atoms with Gasteiger partial charge < -0.3 is 5.32 Å². The Morgan fingerprint density at radius 1 is 1.08 bits per heavy atom. The summed E-state index contributed by atoms with van der Waals surface area (Å²) in [7, 11) is -3.91. The summed E-state index contributed by atoms with van der Waals surface area (Å²) >= 11 is 11.8. The van der Waals surface area contributed by atoms with Crippen molar-refractivity contribution in [1.82, 2.24) is 9.62 Å². The molecule has 0 radical (unpaired) electrons. The lowest BCUT2D eigenvalue weighted by molar-refractivity contribution is -0.126. The summed E-state index contributed by atoms with van der Waals surface area (Å²) in [5.41, 5.74) is 1.64. The Morgan fingerprint density at radius 2 is 1.76 bits per heavy atom. The van der Waals surface area contributed by atoms with Gasteiger partial charge in [0, 0.05) is 13.1 Å². The molecule has 8 heteroatoms. The van der Waals surface area contributed by atoms with E-state index in [0.29, 0.717) is 5.56 Å². The van der Waals surface area contributed by atoms with E-state index in [1.807, 2.05) is 19.1 Å². The van der Waals surface area contributed by atoms with Crippen molar-refractivity contribution in [3.8, 4) is 0 Å². The number of amides is 1. The standard InChI is InChI=1S/C17H16Cl2N2O3S/c1-11-2-4-12(5-3-11)16-17(22)20-8-9-21(16)25(23,24)13-6-7-14(18)15(19)10-13/h2-7,10,16H,8-9H2,1H3,(H,20,22). The van der Waals surface area contributed by atoms with Crippen LogP contribution in [-0.4, -0.2) is 31.7 Å². The van der Waals surface area contributed by atoms with Crippen molar-refractivity contribution in [2.45, 2.75) is 17.9 Å². The summed E-state index contributed by atoms with van der Waals surface area (Å²) in [6.45, 7) is 2.35. The number of nitrogens with zero attached hydrogens (tertiary/aromatic N) is 1. The monoisotopic (exact) mass is 398 g/mol. The third-order valence-corrected chi connectivity index (χ3v) is 6.66. The van der Waals surface area contributed by atoms with Crippen LogP contribution in [0.5, 0.6) is 0 Å². The lowest BCUT2D eigenvalue weighted by atomic mass is 10.0. The minimum absolute atomic E-state index is 0.00807. The van der Waals surface area contributed by atoms with Gasteiger partial charge in [-0.25, -0.2) is 8.42 Å². The predicted octanol–water partition coefficient (Wildman–Crippen LogP) is 3.16. The van der Waals surface area contributed by atoms with Gasteiger partial charge >= 0.3 is 0 Å². The van der Waals surface area contributed by atoms with Gasteiger partial charge in [-0.3, -0.25) is 4.79 Å². The molecule has 3 rings (SSSR count). The molecule has 1 heterocycles. The van der Waals surface area contributed by atoms with E-state index >= 15 is 0 Å². The van der Waals surface area contributed by atoms with E-state index < -0.39 is 16.1 Å². The summed E-state index contributed by atoms with van der Waals surface area (Å²) in [6, 6.07) is 10.4. The maximum Gasteiger partial charge on any atom is 0.244 e. The lowest BCUT2D eigenvalue weighted by Gasteiger charge is -2.34. The van der Waals surface area contributed by atoms with Gasteiger partial charge in [-0.1, -0.05) is 53.0 Å². The molecule has 5 nitrogen and oxygen atoms in total. The molecule has 2 aromatic rings. The molecule has 1 saturated heterocycles. The highest BCUT2D eigenvalue weighted by atomic mass is 35.5. The van der Waals surface area contributed by atoms with Crippen molar-refractivity contribution in [1.29, 1.82) is 0 Å². The fourth-order valence-corrected chi connectivity index (χ4v) is 4.71. The quantitative estimate of drug-likeness (QED) is 0.862. The molecule has 25 heavy (non-hydrogen) atoms. The predicted molar refractivity (Wildman–Crippen MR) is 97.3 cm³/mol. The van der Waals surface area contributed by atoms with E-state index in [4.69, 9.17) is 23.2 Å². The second kappa shape index (κ2) is 6.96. The van der Waals surface area contributed by atoms with Crippen molar-refractivity contribution in [2.75, 3.05) is 13.1 Å². The number of benzene rings is 2. The first kappa shape index (κ1) is 18.2. The van der Waals surface area contributed by atoms with Crippen molar-refractivity contribution >= 4 is 39.1 Å². The Kier molecular flexibility index (Phi) is 5.06. The number of rotatable bonds is 3. The van der Waals surface area contributed by atoms with Crippen molar-refractivity contribution in [3.05, 3.63) is 63.6 Å². The molecule has 1 unspecified atom stereocenters. The average Bonchev–Trinajstić information content (AvgIpc) is 2.58. The van der Waals surface area contributed by atoms with E-state index in [1.165, 1.54) is 22.5 Å². The summed E-state index contributed by atoms with van der Waals surface area (Å²) in [4.78, 5) is 12.4. The number of halogens is 2. The summed E-state index contributed by atoms with van der Waals surface area (Å²) in [5, 5.41) is 3.15. The molecule has 2 aromatic carbocycles. The molecular formula is C17H16Cl2N2O3S. The number of sulfonamides is 1. The summed E-state index contributed by atoms with van der Waals surface area (Å²) in [6.07, 6.45) is 0. The van der Waals surface area contributed by atoms with Gasteiger partial charge in [0.15, 0.2) is 0 Å². The van der Waals surface area contributed by atoms with Crippen molar-refractivity contribution < 1.29 is 13.2 Å². The van der Waals surface area contributed by atoms with Crippen LogP contribution in [0.2, 0.25) is 10.0 Å². The Bertz CT molecular complexity index is 914. The molecule has 1 aliphatic rings. The molecule has 1 atom stereocenters. The minimum atomic E-state index is -3.91. The zero-order valence-electron chi connectivity index (χ0n) is 13.4. The molecule has 0 bridgehead atoms. The molecule has 0 saturated carbocycles. The fraction of sp³-hybridized carbons (Fsp3) is 0.235. The highest BCUT2D eigenvalue weighted by Gasteiger charge is 2.39. The van der Waals surface area contributed by atoms with Gasteiger partial charge in [-0.2, -0.15) is 4.31 Å². The van der Waals surface area contributed by atoms with Gasteiger partial charge in [0.05, 0.1) is 14.9 Å². The van der Waals surface area contributed by atoms with Gasteiger partial charge in [0.1, 0.15) is 6.04 Å². The van der Waals surface area contributed by atoms with Crippen LogP contribution >= 0.6 is 23.2 Å². The van der Waals surface area contributed by atoms with Crippen LogP contribution in [0.3, 0.4) is 0 Å². The van der Waals surface area contributed by atoms with Gasteiger partial charge in [-0.05, 0) is 30.7 Å². The third kappa shape index (κ3) is 3.53. The fourth-order valence-electron chi connectivity index (χ4n) is 2.74. The molecule has 1 amide bonds. The van der Waals surface area contributed by atoms with E-state index in [2.05, 4.69) is 5.32 Å². The first-order valence-corrected chi connectivity index (χ1v) is 9.81. The number of carbonyl (C=O) groups excluding carboxylic acids is 1. The van der Waals surface area contributed by atoms with E-state index in [1.54, 1.807) is 12.1 Å². The maximum absolute atomic E-state index is 13.1. The molecule has 1 fully saturated rings. The van der Waals surface area contributed by atoms with Crippen LogP contribution < -0.4 is 5.32 Å². The van der Waals surface area contributed by atoms with Crippen LogP contribution in [0.25, 0.3) is 0 Å². The number of piperazine rings is 1. The number of hydrogen-bond donors (Lipinski definition) is 1. The van der Waals surface area contributed by atoms with E-state index in [-0.39, 0.29) is 33.9 Å². The summed E-state index contributed by atoms with van der Waals surface area (Å²) in [5.74, 6) is -0.348. The van der Waals surface area contributed by atoms with E-state index in [0.717, 1.165) is 5.56 Å². The summed E-state index contributed by atoms with van der Waals surface area (Å²) < 4.78 is 27.4. The van der Waals surface area contributed by atoms with Crippen molar-refractivity contribution in [2.24, 2.45) is 0 Å². The molecule has 132 valence electrons. The highest BCUT2D eigenvalue weighted by Crippen LogP contribution is 2.32. The topological polar surface area (TPSA) is 66.5 Å². The zero-order valence-corrected chi connectivity index (χ0v) is 15.7. The average molecular weight is 399 g/mol. The van der Waals surface area contributed by atoms with Gasteiger partial charge in [-0.15, -0.1) is 0 Å². The smallest absolute Gasteiger partial charge is 0.244 e. The molecule has 0 aromatic heterocycles. The second-order valence-electron chi connectivity index (χ2n) is 5.80. The van der Waals surface area contributed by atoms with Crippen LogP contribution in [0.4, 0.5) is 0 Å². The maximum atomic E-state index is 13.1. The largest absolute Gasteiger partial charge is 0.353 e. The molecule has 1 N–H and O–H groups in total.